The van der Waals surface area contributed by atoms with Crippen molar-refractivity contribution in [1.29, 1.82) is 5.26 Å². The summed E-state index contributed by atoms with van der Waals surface area (Å²) in [5, 5.41) is 17.3. The van der Waals surface area contributed by atoms with Gasteiger partial charge in [0.2, 0.25) is 5.88 Å². The number of rotatable bonds is 3. The lowest BCUT2D eigenvalue weighted by Crippen LogP contribution is -2.32. The van der Waals surface area contributed by atoms with Crippen molar-refractivity contribution < 1.29 is 4.74 Å². The van der Waals surface area contributed by atoms with E-state index in [0.29, 0.717) is 5.88 Å². The van der Waals surface area contributed by atoms with Gasteiger partial charge in [-0.25, -0.2) is 4.68 Å². The summed E-state index contributed by atoms with van der Waals surface area (Å²) in [5.74, 6) is 0.682. The number of hydrogen-bond acceptors (Lipinski definition) is 5. The van der Waals surface area contributed by atoms with Gasteiger partial charge in [0.1, 0.15) is 6.04 Å². The lowest BCUT2D eigenvalue weighted by molar-refractivity contribution is 0.245. The van der Waals surface area contributed by atoms with Crippen molar-refractivity contribution in [2.24, 2.45) is 7.05 Å². The van der Waals surface area contributed by atoms with E-state index in [2.05, 4.69) is 21.4 Å². The molecular formula is C13H21N5O. The first-order valence-corrected chi connectivity index (χ1v) is 6.61. The van der Waals surface area contributed by atoms with Crippen LogP contribution in [0, 0.1) is 18.3 Å². The van der Waals surface area contributed by atoms with Gasteiger partial charge < -0.3 is 10.1 Å². The minimum absolute atomic E-state index is 0.288. The molecule has 1 N–H and O–H groups in total. The van der Waals surface area contributed by atoms with E-state index < -0.39 is 0 Å². The number of nitrogens with one attached hydrogen (secondary N) is 1. The number of nitriles is 1. The van der Waals surface area contributed by atoms with Crippen LogP contribution in [0.15, 0.2) is 0 Å². The molecule has 1 fully saturated rings. The van der Waals surface area contributed by atoms with Crippen molar-refractivity contribution >= 4 is 0 Å². The zero-order valence-electron chi connectivity index (χ0n) is 11.8. The van der Waals surface area contributed by atoms with Gasteiger partial charge >= 0.3 is 0 Å². The molecule has 1 aromatic rings. The first-order chi connectivity index (χ1) is 9.19. The highest BCUT2D eigenvalue weighted by Crippen LogP contribution is 2.31. The minimum atomic E-state index is -0.288. The van der Waals surface area contributed by atoms with Crippen LogP contribution in [-0.2, 0) is 7.05 Å². The summed E-state index contributed by atoms with van der Waals surface area (Å²) in [6, 6.07) is 2.12. The number of methoxy groups -OCH3 is 1. The molecule has 104 valence electrons. The zero-order chi connectivity index (χ0) is 13.8. The van der Waals surface area contributed by atoms with Gasteiger partial charge in [0.05, 0.1) is 24.4 Å². The summed E-state index contributed by atoms with van der Waals surface area (Å²) in [7, 11) is 3.46. The Morgan fingerprint density at radius 2 is 2.21 bits per heavy atom. The Labute approximate surface area is 113 Å². The first kappa shape index (κ1) is 13.8. The Morgan fingerprint density at radius 1 is 1.42 bits per heavy atom. The van der Waals surface area contributed by atoms with Crippen molar-refractivity contribution in [3.05, 3.63) is 11.3 Å². The fourth-order valence-corrected chi connectivity index (χ4v) is 2.66. The topological polar surface area (TPSA) is 66.1 Å². The number of aryl methyl sites for hydroxylation is 2. The Morgan fingerprint density at radius 3 is 2.89 bits per heavy atom. The van der Waals surface area contributed by atoms with Crippen LogP contribution in [0.4, 0.5) is 0 Å². The number of aromatic nitrogens is 2. The highest BCUT2D eigenvalue weighted by molar-refractivity contribution is 5.37. The average molecular weight is 263 g/mol. The molecule has 1 unspecified atom stereocenters. The van der Waals surface area contributed by atoms with E-state index in [9.17, 15) is 5.26 Å². The molecule has 19 heavy (non-hydrogen) atoms. The Bertz CT molecular complexity index is 468. The third kappa shape index (κ3) is 2.72. The summed E-state index contributed by atoms with van der Waals surface area (Å²) >= 11 is 0. The molecule has 0 bridgehead atoms. The molecule has 0 aromatic carbocycles. The molecule has 1 aliphatic rings. The highest BCUT2D eigenvalue weighted by atomic mass is 16.5. The van der Waals surface area contributed by atoms with Crippen molar-refractivity contribution in [3.63, 3.8) is 0 Å². The van der Waals surface area contributed by atoms with Crippen LogP contribution in [-0.4, -0.2) is 48.0 Å². The van der Waals surface area contributed by atoms with Gasteiger partial charge in [-0.15, -0.1) is 0 Å². The second-order valence-corrected chi connectivity index (χ2v) is 4.80. The molecule has 0 aliphatic carbocycles. The van der Waals surface area contributed by atoms with Crippen LogP contribution in [0.1, 0.15) is 23.7 Å². The van der Waals surface area contributed by atoms with E-state index in [4.69, 9.17) is 4.74 Å². The van der Waals surface area contributed by atoms with Crippen molar-refractivity contribution in [2.45, 2.75) is 19.4 Å². The van der Waals surface area contributed by atoms with Gasteiger partial charge in [0.15, 0.2) is 0 Å². The summed E-state index contributed by atoms with van der Waals surface area (Å²) < 4.78 is 7.11. The van der Waals surface area contributed by atoms with Crippen LogP contribution in [0.2, 0.25) is 0 Å². The predicted octanol–water partition coefficient (Wildman–Crippen LogP) is 0.597. The molecule has 6 heteroatoms. The molecule has 0 spiro atoms. The van der Waals surface area contributed by atoms with Gasteiger partial charge in [0, 0.05) is 26.7 Å². The van der Waals surface area contributed by atoms with Crippen LogP contribution in [0.25, 0.3) is 0 Å². The Balaban J connectivity index is 2.33. The van der Waals surface area contributed by atoms with Crippen molar-refractivity contribution in [2.75, 3.05) is 33.3 Å². The Hall–Kier alpha value is -1.58. The molecule has 2 rings (SSSR count). The van der Waals surface area contributed by atoms with Gasteiger partial charge in [-0.3, -0.25) is 4.90 Å². The zero-order valence-corrected chi connectivity index (χ0v) is 11.8. The summed E-state index contributed by atoms with van der Waals surface area (Å²) in [6.45, 7) is 5.65. The molecule has 2 heterocycles. The van der Waals surface area contributed by atoms with Crippen LogP contribution in [0.3, 0.4) is 0 Å². The van der Waals surface area contributed by atoms with Crippen LogP contribution in [0.5, 0.6) is 5.88 Å². The maximum absolute atomic E-state index is 9.57. The molecule has 1 aromatic heterocycles. The fourth-order valence-electron chi connectivity index (χ4n) is 2.66. The summed E-state index contributed by atoms with van der Waals surface area (Å²) in [6.07, 6.45) is 1.06. The maximum Gasteiger partial charge on any atom is 0.217 e. The van der Waals surface area contributed by atoms with Crippen molar-refractivity contribution in [1.82, 2.24) is 20.0 Å². The second kappa shape index (κ2) is 6.04. The van der Waals surface area contributed by atoms with E-state index in [1.807, 2.05) is 14.0 Å². The first-order valence-electron chi connectivity index (χ1n) is 6.61. The monoisotopic (exact) mass is 263 g/mol. The van der Waals surface area contributed by atoms with Gasteiger partial charge in [0.25, 0.3) is 0 Å². The quantitative estimate of drug-likeness (QED) is 0.865. The van der Waals surface area contributed by atoms with Crippen molar-refractivity contribution in [3.8, 4) is 11.9 Å². The summed E-state index contributed by atoms with van der Waals surface area (Å²) in [4.78, 5) is 2.20. The largest absolute Gasteiger partial charge is 0.481 e. The molecular weight excluding hydrogens is 242 g/mol. The summed E-state index contributed by atoms with van der Waals surface area (Å²) in [5.41, 5.74) is 1.76. The van der Waals surface area contributed by atoms with Gasteiger partial charge in [-0.1, -0.05) is 0 Å². The molecule has 0 amide bonds. The number of ether oxygens (including phenoxy) is 1. The Kier molecular flexibility index (Phi) is 4.40. The lowest BCUT2D eigenvalue weighted by atomic mass is 10.1. The average Bonchev–Trinajstić information content (AvgIpc) is 2.61. The number of hydrogen-bond donors (Lipinski definition) is 1. The van der Waals surface area contributed by atoms with E-state index in [1.54, 1.807) is 11.8 Å². The van der Waals surface area contributed by atoms with E-state index >= 15 is 0 Å². The SMILES string of the molecule is COc1c(C(C#N)N2CCCNCC2)c(C)nn1C. The highest BCUT2D eigenvalue weighted by Gasteiger charge is 2.28. The molecule has 1 aliphatic heterocycles. The third-order valence-electron chi connectivity index (χ3n) is 3.54. The second-order valence-electron chi connectivity index (χ2n) is 4.80. The van der Waals surface area contributed by atoms with Crippen LogP contribution >= 0.6 is 0 Å². The molecule has 6 nitrogen and oxygen atoms in total. The fraction of sp³-hybridized carbons (Fsp3) is 0.692. The lowest BCUT2D eigenvalue weighted by Gasteiger charge is -2.25. The standard InChI is InChI=1S/C13H21N5O/c1-10-12(13(19-3)17(2)16-10)11(9-14)18-7-4-5-15-6-8-18/h11,15H,4-8H2,1-3H3. The van der Waals surface area contributed by atoms with Gasteiger partial charge in [-0.2, -0.15) is 10.4 Å². The molecule has 1 saturated heterocycles. The minimum Gasteiger partial charge on any atom is -0.481 e. The van der Waals surface area contributed by atoms with E-state index in [0.717, 1.165) is 43.9 Å². The smallest absolute Gasteiger partial charge is 0.217 e. The van der Waals surface area contributed by atoms with Gasteiger partial charge in [-0.05, 0) is 19.9 Å². The predicted molar refractivity (Wildman–Crippen MR) is 71.9 cm³/mol. The number of nitrogens with zero attached hydrogens (tertiary/aromatic N) is 4. The van der Waals surface area contributed by atoms with Crippen LogP contribution < -0.4 is 10.1 Å². The van der Waals surface area contributed by atoms with E-state index in [-0.39, 0.29) is 6.04 Å². The van der Waals surface area contributed by atoms with E-state index in [1.165, 1.54) is 0 Å². The molecule has 1 atom stereocenters. The normalized spacial score (nSPS) is 18.6. The third-order valence-corrected chi connectivity index (χ3v) is 3.54. The molecule has 0 saturated carbocycles. The molecule has 0 radical (unpaired) electrons. The maximum atomic E-state index is 9.57.